The fraction of sp³-hybridized carbons (Fsp3) is 0.455. The number of anilines is 2. The van der Waals surface area contributed by atoms with Crippen molar-refractivity contribution in [3.8, 4) is 0 Å². The minimum absolute atomic E-state index is 0.0385. The van der Waals surface area contributed by atoms with Gasteiger partial charge in [-0.2, -0.15) is 4.37 Å². The van der Waals surface area contributed by atoms with Gasteiger partial charge in [0.1, 0.15) is 5.00 Å². The zero-order valence-corrected chi connectivity index (χ0v) is 14.6. The smallest absolute Gasteiger partial charge is 0.249 e. The maximum Gasteiger partial charge on any atom is 0.249 e. The second-order valence-electron chi connectivity index (χ2n) is 4.71. The molecule has 21 heavy (non-hydrogen) atoms. The van der Waals surface area contributed by atoms with E-state index in [0.717, 1.165) is 26.4 Å². The van der Waals surface area contributed by atoms with Gasteiger partial charge in [0.15, 0.2) is 10.7 Å². The molecule has 0 fully saturated rings. The number of nitrogens with two attached hydrogens (primary N) is 1. The number of nitrogen functional groups attached to an aromatic ring is 1. The summed E-state index contributed by atoms with van der Waals surface area (Å²) >= 11 is 2.62. The van der Waals surface area contributed by atoms with E-state index >= 15 is 0 Å². The Morgan fingerprint density at radius 1 is 1.33 bits per heavy atom. The molecule has 0 amide bonds. The molecule has 2 heterocycles. The summed E-state index contributed by atoms with van der Waals surface area (Å²) in [6.45, 7) is 2.49. The number of thiazole rings is 1. The van der Waals surface area contributed by atoms with Gasteiger partial charge in [-0.1, -0.05) is 0 Å². The number of hydrogen-bond donors (Lipinski definition) is 1. The van der Waals surface area contributed by atoms with E-state index in [1.54, 1.807) is 5.51 Å². The Morgan fingerprint density at radius 2 is 2.00 bits per heavy atom. The van der Waals surface area contributed by atoms with E-state index in [1.165, 1.54) is 25.4 Å². The van der Waals surface area contributed by atoms with Gasteiger partial charge in [0.05, 0.1) is 17.7 Å². The summed E-state index contributed by atoms with van der Waals surface area (Å²) in [6.07, 6.45) is 0. The van der Waals surface area contributed by atoms with Gasteiger partial charge in [0, 0.05) is 26.0 Å². The first-order valence-electron chi connectivity index (χ1n) is 6.03. The Kier molecular flexibility index (Phi) is 4.51. The molecule has 0 saturated heterocycles. The molecular formula is C11H17N5O2S3. The molecule has 0 aliphatic carbocycles. The van der Waals surface area contributed by atoms with Crippen molar-refractivity contribution in [2.24, 2.45) is 0 Å². The van der Waals surface area contributed by atoms with E-state index in [9.17, 15) is 8.42 Å². The van der Waals surface area contributed by atoms with E-state index < -0.39 is 10.0 Å². The Bertz CT molecular complexity index is 735. The van der Waals surface area contributed by atoms with Crippen molar-refractivity contribution >= 4 is 43.7 Å². The van der Waals surface area contributed by atoms with Gasteiger partial charge in [0.25, 0.3) is 0 Å². The molecule has 0 aromatic carbocycles. The van der Waals surface area contributed by atoms with Gasteiger partial charge in [-0.05, 0) is 18.5 Å². The molecule has 2 aromatic heterocycles. The highest BCUT2D eigenvalue weighted by Crippen LogP contribution is 2.36. The highest BCUT2D eigenvalue weighted by molar-refractivity contribution is 7.89. The van der Waals surface area contributed by atoms with E-state index in [-0.39, 0.29) is 10.7 Å². The van der Waals surface area contributed by atoms with Crippen molar-refractivity contribution in [1.82, 2.24) is 13.7 Å². The molecule has 2 N–H and O–H groups in total. The van der Waals surface area contributed by atoms with Crippen LogP contribution < -0.4 is 10.6 Å². The summed E-state index contributed by atoms with van der Waals surface area (Å²) in [7, 11) is 1.15. The molecule has 0 atom stereocenters. The summed E-state index contributed by atoms with van der Waals surface area (Å²) < 4.78 is 29.9. The quantitative estimate of drug-likeness (QED) is 0.878. The maximum absolute atomic E-state index is 12.4. The van der Waals surface area contributed by atoms with Crippen LogP contribution in [0.3, 0.4) is 0 Å². The summed E-state index contributed by atoms with van der Waals surface area (Å²) in [6, 6.07) is 0. The average Bonchev–Trinajstić information content (AvgIpc) is 2.96. The van der Waals surface area contributed by atoms with Crippen molar-refractivity contribution in [3.63, 3.8) is 0 Å². The molecule has 2 aromatic rings. The number of aryl methyl sites for hydroxylation is 1. The van der Waals surface area contributed by atoms with E-state index in [4.69, 9.17) is 5.73 Å². The van der Waals surface area contributed by atoms with Gasteiger partial charge < -0.3 is 10.6 Å². The minimum Gasteiger partial charge on any atom is -0.382 e. The topological polar surface area (TPSA) is 92.4 Å². The molecule has 0 unspecified atom stereocenters. The van der Waals surface area contributed by atoms with E-state index in [0.29, 0.717) is 11.5 Å². The average molecular weight is 347 g/mol. The fourth-order valence-corrected chi connectivity index (χ4v) is 4.75. The van der Waals surface area contributed by atoms with Crippen molar-refractivity contribution in [2.45, 2.75) is 18.4 Å². The predicted molar refractivity (Wildman–Crippen MR) is 86.4 cm³/mol. The largest absolute Gasteiger partial charge is 0.382 e. The number of sulfonamides is 1. The van der Waals surface area contributed by atoms with Crippen molar-refractivity contribution in [2.75, 3.05) is 31.8 Å². The zero-order valence-electron chi connectivity index (χ0n) is 12.2. The van der Waals surface area contributed by atoms with Crippen LogP contribution in [0.4, 0.5) is 10.8 Å². The molecule has 7 nitrogen and oxygen atoms in total. The van der Waals surface area contributed by atoms with Crippen LogP contribution in [0.1, 0.15) is 10.6 Å². The summed E-state index contributed by atoms with van der Waals surface area (Å²) in [5.41, 5.74) is 8.48. The van der Waals surface area contributed by atoms with Crippen LogP contribution in [-0.4, -0.2) is 43.2 Å². The number of nitrogens with zero attached hydrogens (tertiary/aromatic N) is 4. The Morgan fingerprint density at radius 3 is 2.52 bits per heavy atom. The highest BCUT2D eigenvalue weighted by Gasteiger charge is 2.29. The highest BCUT2D eigenvalue weighted by atomic mass is 32.2. The zero-order chi connectivity index (χ0) is 15.8. The molecule has 10 heteroatoms. The lowest BCUT2D eigenvalue weighted by atomic mass is 10.4. The lowest BCUT2D eigenvalue weighted by molar-refractivity contribution is 0.521. The van der Waals surface area contributed by atoms with Crippen LogP contribution in [0.25, 0.3) is 0 Å². The molecule has 0 spiro atoms. The molecule has 0 aliphatic heterocycles. The first-order chi connectivity index (χ1) is 9.75. The van der Waals surface area contributed by atoms with Crippen molar-refractivity contribution in [3.05, 3.63) is 16.1 Å². The third kappa shape index (κ3) is 3.03. The van der Waals surface area contributed by atoms with Crippen LogP contribution in [0.5, 0.6) is 0 Å². The van der Waals surface area contributed by atoms with Gasteiger partial charge in [-0.25, -0.2) is 17.7 Å². The molecule has 2 rings (SSSR count). The summed E-state index contributed by atoms with van der Waals surface area (Å²) in [4.78, 5) is 7.19. The van der Waals surface area contributed by atoms with Crippen LogP contribution in [0, 0.1) is 6.92 Å². The maximum atomic E-state index is 12.4. The SMILES string of the molecule is Cc1ncsc1CN(C)c1snc(N)c1S(=O)(=O)N(C)C. The van der Waals surface area contributed by atoms with Crippen LogP contribution in [0.2, 0.25) is 0 Å². The first kappa shape index (κ1) is 16.1. The third-order valence-corrected chi connectivity index (χ3v) is 6.87. The standard InChI is InChI=1S/C11H17N5O2S3/c1-7-8(19-6-13-7)5-16(4)11-9(10(12)14-20-11)21(17,18)15(2)3/h6H,5H2,1-4H3,(H2,12,14). The normalized spacial score (nSPS) is 12.0. The Hall–Kier alpha value is -1.23. The lowest BCUT2D eigenvalue weighted by Crippen LogP contribution is -2.25. The summed E-state index contributed by atoms with van der Waals surface area (Å²) in [5.74, 6) is 0.0385. The predicted octanol–water partition coefficient (Wildman–Crippen LogP) is 1.38. The summed E-state index contributed by atoms with van der Waals surface area (Å²) in [5, 5.41) is 0.536. The van der Waals surface area contributed by atoms with Crippen molar-refractivity contribution < 1.29 is 8.42 Å². The second-order valence-corrected chi connectivity index (χ2v) is 8.49. The first-order valence-corrected chi connectivity index (χ1v) is 9.12. The fourth-order valence-electron chi connectivity index (χ4n) is 1.72. The Labute approximate surface area is 132 Å². The second kappa shape index (κ2) is 5.87. The van der Waals surface area contributed by atoms with Gasteiger partial charge in [-0.15, -0.1) is 11.3 Å². The molecule has 0 aliphatic rings. The monoisotopic (exact) mass is 347 g/mol. The number of aromatic nitrogens is 2. The number of hydrogen-bond acceptors (Lipinski definition) is 8. The third-order valence-electron chi connectivity index (χ3n) is 2.97. The van der Waals surface area contributed by atoms with Crippen LogP contribution in [-0.2, 0) is 16.6 Å². The molecule has 116 valence electrons. The molecular weight excluding hydrogens is 330 g/mol. The molecule has 0 saturated carbocycles. The van der Waals surface area contributed by atoms with Gasteiger partial charge in [-0.3, -0.25) is 0 Å². The Balaban J connectivity index is 2.40. The van der Waals surface area contributed by atoms with E-state index in [1.807, 2.05) is 18.9 Å². The lowest BCUT2D eigenvalue weighted by Gasteiger charge is -2.19. The molecule has 0 bridgehead atoms. The van der Waals surface area contributed by atoms with Gasteiger partial charge in [0.2, 0.25) is 10.0 Å². The molecule has 0 radical (unpaired) electrons. The van der Waals surface area contributed by atoms with Crippen LogP contribution >= 0.6 is 22.9 Å². The number of rotatable bonds is 5. The minimum atomic E-state index is -3.63. The van der Waals surface area contributed by atoms with Crippen molar-refractivity contribution in [1.29, 1.82) is 0 Å². The van der Waals surface area contributed by atoms with E-state index in [2.05, 4.69) is 9.36 Å². The van der Waals surface area contributed by atoms with Crippen LogP contribution in [0.15, 0.2) is 10.4 Å². The van der Waals surface area contributed by atoms with Gasteiger partial charge >= 0.3 is 0 Å².